The van der Waals surface area contributed by atoms with E-state index in [4.69, 9.17) is 11.6 Å². The number of carbonyl (C=O) groups excluding carboxylic acids is 1. The summed E-state index contributed by atoms with van der Waals surface area (Å²) in [5, 5.41) is -0.516. The van der Waals surface area contributed by atoms with Gasteiger partial charge in [-0.2, -0.15) is 0 Å². The molecule has 1 aromatic rings. The Kier molecular flexibility index (Phi) is 5.05. The van der Waals surface area contributed by atoms with Crippen molar-refractivity contribution in [3.05, 3.63) is 35.9 Å². The number of alkyl halides is 1. The molecule has 1 aliphatic heterocycles. The zero-order chi connectivity index (χ0) is 14.6. The van der Waals surface area contributed by atoms with E-state index in [2.05, 4.69) is 0 Å². The molecule has 1 heterocycles. The highest BCUT2D eigenvalue weighted by molar-refractivity contribution is 7.91. The molecule has 4 nitrogen and oxygen atoms in total. The number of rotatable bonds is 3. The predicted octanol–water partition coefficient (Wildman–Crippen LogP) is 2.00. The van der Waals surface area contributed by atoms with Crippen LogP contribution in [0.3, 0.4) is 0 Å². The van der Waals surface area contributed by atoms with E-state index < -0.39 is 15.1 Å². The number of hydrogen-bond acceptors (Lipinski definition) is 3. The lowest BCUT2D eigenvalue weighted by molar-refractivity contribution is -0.130. The molecular weight excluding hydrogens is 298 g/mol. The van der Waals surface area contributed by atoms with Crippen LogP contribution >= 0.6 is 11.6 Å². The molecule has 1 unspecified atom stereocenters. The molecule has 0 bridgehead atoms. The highest BCUT2D eigenvalue weighted by atomic mass is 35.5. The molecule has 0 aliphatic carbocycles. The highest BCUT2D eigenvalue weighted by Gasteiger charge is 2.32. The average Bonchev–Trinajstić information content (AvgIpc) is 2.58. The molecular formula is C14H18ClNO3S. The van der Waals surface area contributed by atoms with Gasteiger partial charge in [0.1, 0.15) is 0 Å². The van der Waals surface area contributed by atoms with Crippen LogP contribution in [0.5, 0.6) is 0 Å². The molecule has 0 radical (unpaired) electrons. The number of halogens is 1. The Hall–Kier alpha value is -1.07. The number of amides is 1. The lowest BCUT2D eigenvalue weighted by atomic mass is 10.1. The molecule has 0 N–H and O–H groups in total. The number of hydrogen-bond donors (Lipinski definition) is 0. The summed E-state index contributed by atoms with van der Waals surface area (Å²) in [4.78, 5) is 13.5. The van der Waals surface area contributed by atoms with Crippen LogP contribution in [0.4, 0.5) is 0 Å². The first-order valence-corrected chi connectivity index (χ1v) is 8.90. The summed E-state index contributed by atoms with van der Waals surface area (Å²) in [6.45, 7) is 0.732. The second kappa shape index (κ2) is 6.59. The van der Waals surface area contributed by atoms with Crippen molar-refractivity contribution in [2.45, 2.75) is 18.1 Å². The molecule has 0 saturated carbocycles. The number of sulfone groups is 1. The smallest absolute Gasteiger partial charge is 0.223 e. The van der Waals surface area contributed by atoms with E-state index in [9.17, 15) is 13.2 Å². The summed E-state index contributed by atoms with van der Waals surface area (Å²) < 4.78 is 24.7. The van der Waals surface area contributed by atoms with Crippen LogP contribution in [0.1, 0.15) is 23.7 Å². The fraction of sp³-hybridized carbons (Fsp3) is 0.500. The second-order valence-electron chi connectivity index (χ2n) is 4.87. The Balaban J connectivity index is 2.18. The maximum atomic E-state index is 12.4. The maximum Gasteiger partial charge on any atom is 0.223 e. The average molecular weight is 316 g/mol. The van der Waals surface area contributed by atoms with E-state index in [0.29, 0.717) is 13.0 Å². The van der Waals surface area contributed by atoms with Crippen LogP contribution in [0, 0.1) is 0 Å². The summed E-state index contributed by atoms with van der Waals surface area (Å²) in [6.07, 6.45) is 0.706. The van der Waals surface area contributed by atoms with Gasteiger partial charge in [-0.25, -0.2) is 8.42 Å². The van der Waals surface area contributed by atoms with Crippen molar-refractivity contribution in [1.29, 1.82) is 0 Å². The zero-order valence-electron chi connectivity index (χ0n) is 11.2. The quantitative estimate of drug-likeness (QED) is 0.802. The molecule has 1 atom stereocenters. The molecule has 2 rings (SSSR count). The molecule has 1 amide bonds. The van der Waals surface area contributed by atoms with E-state index in [1.54, 1.807) is 4.90 Å². The highest BCUT2D eigenvalue weighted by Crippen LogP contribution is 2.29. The first-order valence-electron chi connectivity index (χ1n) is 6.65. The predicted molar refractivity (Wildman–Crippen MR) is 79.5 cm³/mol. The van der Waals surface area contributed by atoms with Gasteiger partial charge in [-0.15, -0.1) is 11.6 Å². The van der Waals surface area contributed by atoms with E-state index in [1.165, 1.54) is 0 Å². The van der Waals surface area contributed by atoms with Crippen LogP contribution in [-0.4, -0.2) is 43.9 Å². The molecule has 110 valence electrons. The third kappa shape index (κ3) is 3.52. The van der Waals surface area contributed by atoms with Crippen LogP contribution < -0.4 is 0 Å². The number of benzene rings is 1. The van der Waals surface area contributed by atoms with Crippen LogP contribution in [-0.2, 0) is 14.6 Å². The van der Waals surface area contributed by atoms with E-state index in [-0.39, 0.29) is 30.5 Å². The molecule has 0 spiro atoms. The minimum absolute atomic E-state index is 0.0145. The number of nitrogens with zero attached hydrogens (tertiary/aromatic N) is 1. The maximum absolute atomic E-state index is 12.4. The standard InChI is InChI=1S/C14H18ClNO3S/c15-8-6-14(17)16-9-7-13(20(18,19)11-10-16)12-4-2-1-3-5-12/h1-5,13H,6-11H2. The van der Waals surface area contributed by atoms with Crippen molar-refractivity contribution in [1.82, 2.24) is 4.90 Å². The molecule has 0 aromatic heterocycles. The van der Waals surface area contributed by atoms with Crippen molar-refractivity contribution >= 4 is 27.3 Å². The van der Waals surface area contributed by atoms with Gasteiger partial charge < -0.3 is 4.90 Å². The summed E-state index contributed by atoms with van der Waals surface area (Å²) in [5.74, 6) is 0.217. The van der Waals surface area contributed by atoms with E-state index in [0.717, 1.165) is 5.56 Å². The van der Waals surface area contributed by atoms with Crippen molar-refractivity contribution in [3.63, 3.8) is 0 Å². The second-order valence-corrected chi connectivity index (χ2v) is 7.56. The monoisotopic (exact) mass is 315 g/mol. The van der Waals surface area contributed by atoms with Crippen molar-refractivity contribution in [2.75, 3.05) is 24.7 Å². The minimum Gasteiger partial charge on any atom is -0.342 e. The third-order valence-electron chi connectivity index (χ3n) is 3.57. The molecule has 1 saturated heterocycles. The minimum atomic E-state index is -3.22. The molecule has 1 aliphatic rings. The Labute approximate surface area is 124 Å². The van der Waals surface area contributed by atoms with Gasteiger partial charge in [-0.1, -0.05) is 30.3 Å². The Morgan fingerprint density at radius 3 is 2.60 bits per heavy atom. The van der Waals surface area contributed by atoms with Gasteiger partial charge in [0.05, 0.1) is 11.0 Å². The van der Waals surface area contributed by atoms with Gasteiger partial charge >= 0.3 is 0 Å². The molecule has 20 heavy (non-hydrogen) atoms. The first kappa shape index (κ1) is 15.3. The first-order chi connectivity index (χ1) is 9.54. The Bertz CT molecular complexity index is 559. The third-order valence-corrected chi connectivity index (χ3v) is 5.89. The van der Waals surface area contributed by atoms with Gasteiger partial charge in [0.15, 0.2) is 9.84 Å². The molecule has 1 aromatic carbocycles. The largest absolute Gasteiger partial charge is 0.342 e. The Morgan fingerprint density at radius 1 is 1.25 bits per heavy atom. The van der Waals surface area contributed by atoms with Gasteiger partial charge in [0.25, 0.3) is 0 Å². The van der Waals surface area contributed by atoms with E-state index >= 15 is 0 Å². The zero-order valence-corrected chi connectivity index (χ0v) is 12.7. The van der Waals surface area contributed by atoms with Crippen molar-refractivity contribution < 1.29 is 13.2 Å². The van der Waals surface area contributed by atoms with Gasteiger partial charge in [0, 0.05) is 25.4 Å². The van der Waals surface area contributed by atoms with Crippen LogP contribution in [0.2, 0.25) is 0 Å². The van der Waals surface area contributed by atoms with Crippen molar-refractivity contribution in [2.24, 2.45) is 0 Å². The summed E-state index contributed by atoms with van der Waals surface area (Å²) in [6, 6.07) is 9.21. The molecule has 6 heteroatoms. The Morgan fingerprint density at radius 2 is 1.95 bits per heavy atom. The lowest BCUT2D eigenvalue weighted by Gasteiger charge is -2.19. The van der Waals surface area contributed by atoms with Gasteiger partial charge in [-0.05, 0) is 12.0 Å². The molecule has 1 fully saturated rings. The van der Waals surface area contributed by atoms with E-state index in [1.807, 2.05) is 30.3 Å². The summed E-state index contributed by atoms with van der Waals surface area (Å²) in [7, 11) is -3.22. The fourth-order valence-electron chi connectivity index (χ4n) is 2.47. The van der Waals surface area contributed by atoms with Gasteiger partial charge in [0.2, 0.25) is 5.91 Å². The lowest BCUT2D eigenvalue weighted by Crippen LogP contribution is -2.33. The normalized spacial score (nSPS) is 22.2. The number of carbonyl (C=O) groups is 1. The van der Waals surface area contributed by atoms with Crippen LogP contribution in [0.15, 0.2) is 30.3 Å². The van der Waals surface area contributed by atoms with Crippen LogP contribution in [0.25, 0.3) is 0 Å². The SMILES string of the molecule is O=C(CCCl)N1CCC(c2ccccc2)S(=O)(=O)CC1. The van der Waals surface area contributed by atoms with Crippen molar-refractivity contribution in [3.8, 4) is 0 Å². The topological polar surface area (TPSA) is 54.5 Å². The summed E-state index contributed by atoms with van der Waals surface area (Å²) >= 11 is 5.57. The fourth-order valence-corrected chi connectivity index (χ4v) is 4.43. The summed E-state index contributed by atoms with van der Waals surface area (Å²) in [5.41, 5.74) is 0.805. The van der Waals surface area contributed by atoms with Gasteiger partial charge in [-0.3, -0.25) is 4.79 Å².